The molecule has 0 bridgehead atoms. The summed E-state index contributed by atoms with van der Waals surface area (Å²) in [6.45, 7) is 1.82. The molecule has 0 unspecified atom stereocenters. The van der Waals surface area contributed by atoms with Crippen molar-refractivity contribution in [3.8, 4) is 11.4 Å². The molecule has 0 amide bonds. The number of rotatable bonds is 3. The molecule has 5 nitrogen and oxygen atoms in total. The molecular formula is C18H15BrClN3O2. The minimum Gasteiger partial charge on any atom is -0.506 e. The van der Waals surface area contributed by atoms with Gasteiger partial charge in [0.05, 0.1) is 15.9 Å². The third-order valence-electron chi connectivity index (χ3n) is 3.91. The summed E-state index contributed by atoms with van der Waals surface area (Å²) in [5.41, 5.74) is 1.97. The standard InChI is InChI=1S/C18H15BrClN3O2/c1-11-16(21-10-12-8-13(20)9-15(19)17(12)24)18(25)23(22(11)2)14-6-4-3-5-7-14/h3-10,24H,1-2H3. The topological polar surface area (TPSA) is 59.5 Å². The molecule has 25 heavy (non-hydrogen) atoms. The van der Waals surface area contributed by atoms with Crippen LogP contribution in [0.3, 0.4) is 0 Å². The zero-order valence-electron chi connectivity index (χ0n) is 13.6. The van der Waals surface area contributed by atoms with E-state index in [1.807, 2.05) is 37.3 Å². The Labute approximate surface area is 157 Å². The van der Waals surface area contributed by atoms with Crippen LogP contribution in [0, 0.1) is 6.92 Å². The van der Waals surface area contributed by atoms with E-state index in [0.717, 1.165) is 5.69 Å². The van der Waals surface area contributed by atoms with Crippen LogP contribution in [0.5, 0.6) is 5.75 Å². The lowest BCUT2D eigenvalue weighted by molar-refractivity contribution is 0.471. The van der Waals surface area contributed by atoms with Crippen molar-refractivity contribution in [1.29, 1.82) is 0 Å². The molecule has 2 aromatic carbocycles. The van der Waals surface area contributed by atoms with E-state index < -0.39 is 0 Å². The van der Waals surface area contributed by atoms with Crippen LogP contribution in [0.1, 0.15) is 11.3 Å². The van der Waals surface area contributed by atoms with E-state index in [9.17, 15) is 9.90 Å². The Balaban J connectivity index is 2.10. The number of phenolic OH excluding ortho intramolecular Hbond substituents is 1. The molecule has 0 aliphatic heterocycles. The molecule has 128 valence electrons. The van der Waals surface area contributed by atoms with E-state index in [4.69, 9.17) is 11.6 Å². The van der Waals surface area contributed by atoms with E-state index in [1.54, 1.807) is 28.5 Å². The van der Waals surface area contributed by atoms with Crippen molar-refractivity contribution in [2.75, 3.05) is 0 Å². The molecule has 1 aromatic heterocycles. The van der Waals surface area contributed by atoms with E-state index >= 15 is 0 Å². The number of nitrogens with zero attached hydrogens (tertiary/aromatic N) is 3. The van der Waals surface area contributed by atoms with Crippen LogP contribution in [0.15, 0.2) is 56.7 Å². The van der Waals surface area contributed by atoms with Crippen molar-refractivity contribution in [3.63, 3.8) is 0 Å². The first kappa shape index (κ1) is 17.5. The van der Waals surface area contributed by atoms with Crippen LogP contribution in [0.4, 0.5) is 5.69 Å². The van der Waals surface area contributed by atoms with Crippen LogP contribution >= 0.6 is 27.5 Å². The summed E-state index contributed by atoms with van der Waals surface area (Å²) in [6, 6.07) is 12.5. The van der Waals surface area contributed by atoms with Gasteiger partial charge in [-0.3, -0.25) is 9.48 Å². The number of hydrogen-bond acceptors (Lipinski definition) is 3. The number of halogens is 2. The highest BCUT2D eigenvalue weighted by molar-refractivity contribution is 9.10. The summed E-state index contributed by atoms with van der Waals surface area (Å²) >= 11 is 9.24. The van der Waals surface area contributed by atoms with Gasteiger partial charge in [-0.2, -0.15) is 0 Å². The van der Waals surface area contributed by atoms with Gasteiger partial charge in [0.1, 0.15) is 5.75 Å². The molecular weight excluding hydrogens is 406 g/mol. The van der Waals surface area contributed by atoms with Crippen LogP contribution in [-0.2, 0) is 7.05 Å². The van der Waals surface area contributed by atoms with Gasteiger partial charge < -0.3 is 5.11 Å². The monoisotopic (exact) mass is 419 g/mol. The number of para-hydroxylation sites is 1. The highest BCUT2D eigenvalue weighted by atomic mass is 79.9. The maximum atomic E-state index is 12.8. The fraction of sp³-hybridized carbons (Fsp3) is 0.111. The molecule has 0 saturated carbocycles. The summed E-state index contributed by atoms with van der Waals surface area (Å²) < 4.78 is 3.77. The Kier molecular flexibility index (Phi) is 4.83. The Hall–Kier alpha value is -2.31. The van der Waals surface area contributed by atoms with E-state index in [2.05, 4.69) is 20.9 Å². The second-order valence-electron chi connectivity index (χ2n) is 5.49. The fourth-order valence-electron chi connectivity index (χ4n) is 2.52. The smallest absolute Gasteiger partial charge is 0.297 e. The summed E-state index contributed by atoms with van der Waals surface area (Å²) in [5.74, 6) is 0.0186. The van der Waals surface area contributed by atoms with Crippen molar-refractivity contribution < 1.29 is 5.11 Å². The normalized spacial score (nSPS) is 11.4. The molecule has 3 aromatic rings. The maximum absolute atomic E-state index is 12.8. The number of aliphatic imine (C=N–C) groups is 1. The van der Waals surface area contributed by atoms with Gasteiger partial charge in [-0.25, -0.2) is 9.67 Å². The lowest BCUT2D eigenvalue weighted by Gasteiger charge is -2.07. The van der Waals surface area contributed by atoms with E-state index in [-0.39, 0.29) is 11.3 Å². The van der Waals surface area contributed by atoms with Crippen LogP contribution in [-0.4, -0.2) is 20.7 Å². The first-order chi connectivity index (χ1) is 11.9. The molecule has 0 fully saturated rings. The summed E-state index contributed by atoms with van der Waals surface area (Å²) in [4.78, 5) is 17.1. The molecule has 0 atom stereocenters. The summed E-state index contributed by atoms with van der Waals surface area (Å²) in [6.07, 6.45) is 1.44. The molecule has 3 rings (SSSR count). The molecule has 0 aliphatic rings. The van der Waals surface area contributed by atoms with Crippen molar-refractivity contribution in [2.45, 2.75) is 6.92 Å². The summed E-state index contributed by atoms with van der Waals surface area (Å²) in [5, 5.41) is 10.5. The Bertz CT molecular complexity index is 1020. The van der Waals surface area contributed by atoms with Gasteiger partial charge in [0.15, 0.2) is 5.69 Å². The van der Waals surface area contributed by atoms with Crippen molar-refractivity contribution in [1.82, 2.24) is 9.36 Å². The second-order valence-corrected chi connectivity index (χ2v) is 6.78. The minimum atomic E-state index is -0.233. The number of hydrogen-bond donors (Lipinski definition) is 1. The predicted octanol–water partition coefficient (Wildman–Crippen LogP) is 4.36. The molecule has 1 N–H and O–H groups in total. The third kappa shape index (κ3) is 3.27. The van der Waals surface area contributed by atoms with Gasteiger partial charge in [0, 0.05) is 23.8 Å². The van der Waals surface area contributed by atoms with Crippen LogP contribution in [0.2, 0.25) is 5.02 Å². The highest BCUT2D eigenvalue weighted by Gasteiger charge is 2.15. The molecule has 0 saturated heterocycles. The third-order valence-corrected chi connectivity index (χ3v) is 4.74. The zero-order chi connectivity index (χ0) is 18.1. The zero-order valence-corrected chi connectivity index (χ0v) is 15.9. The number of phenols is 1. The van der Waals surface area contributed by atoms with Gasteiger partial charge in [0.25, 0.3) is 5.56 Å². The lowest BCUT2D eigenvalue weighted by atomic mass is 10.2. The van der Waals surface area contributed by atoms with Crippen molar-refractivity contribution >= 4 is 39.4 Å². The van der Waals surface area contributed by atoms with Gasteiger partial charge in [-0.1, -0.05) is 29.8 Å². The largest absolute Gasteiger partial charge is 0.506 e. The SMILES string of the molecule is Cc1c(N=Cc2cc(Cl)cc(Br)c2O)c(=O)n(-c2ccccc2)n1C. The van der Waals surface area contributed by atoms with Crippen LogP contribution in [0.25, 0.3) is 5.69 Å². The van der Waals surface area contributed by atoms with Gasteiger partial charge >= 0.3 is 0 Å². The number of aromatic nitrogens is 2. The van der Waals surface area contributed by atoms with Crippen molar-refractivity contribution in [2.24, 2.45) is 12.0 Å². The molecule has 0 aliphatic carbocycles. The Morgan fingerprint density at radius 3 is 2.60 bits per heavy atom. The first-order valence-corrected chi connectivity index (χ1v) is 8.63. The number of aromatic hydroxyl groups is 1. The van der Waals surface area contributed by atoms with E-state index in [0.29, 0.717) is 26.4 Å². The van der Waals surface area contributed by atoms with Gasteiger partial charge in [-0.15, -0.1) is 0 Å². The molecule has 7 heteroatoms. The molecule has 0 spiro atoms. The average molecular weight is 421 g/mol. The molecule has 1 heterocycles. The number of benzene rings is 2. The first-order valence-electron chi connectivity index (χ1n) is 7.46. The Morgan fingerprint density at radius 1 is 1.24 bits per heavy atom. The van der Waals surface area contributed by atoms with Crippen LogP contribution < -0.4 is 5.56 Å². The fourth-order valence-corrected chi connectivity index (χ4v) is 3.36. The van der Waals surface area contributed by atoms with E-state index in [1.165, 1.54) is 6.21 Å². The average Bonchev–Trinajstić information content (AvgIpc) is 2.80. The van der Waals surface area contributed by atoms with Gasteiger partial charge in [0.2, 0.25) is 0 Å². The quantitative estimate of drug-likeness (QED) is 0.640. The Morgan fingerprint density at radius 2 is 1.92 bits per heavy atom. The maximum Gasteiger partial charge on any atom is 0.297 e. The highest BCUT2D eigenvalue weighted by Crippen LogP contribution is 2.30. The lowest BCUT2D eigenvalue weighted by Crippen LogP contribution is -2.19. The minimum absolute atomic E-state index is 0.0186. The van der Waals surface area contributed by atoms with Crippen molar-refractivity contribution in [3.05, 3.63) is 73.6 Å². The second kappa shape index (κ2) is 6.90. The predicted molar refractivity (Wildman–Crippen MR) is 104 cm³/mol. The van der Waals surface area contributed by atoms with Gasteiger partial charge in [-0.05, 0) is 47.1 Å². The molecule has 0 radical (unpaired) electrons. The summed E-state index contributed by atoms with van der Waals surface area (Å²) in [7, 11) is 1.80.